The molecular formula is C20H19NO3S. The molecule has 1 N–H and O–H groups in total. The zero-order valence-electron chi connectivity index (χ0n) is 14.2. The number of carbonyl (C=O) groups is 1. The van der Waals surface area contributed by atoms with Gasteiger partial charge >= 0.3 is 5.97 Å². The maximum atomic E-state index is 11.3. The first-order valence-electron chi connectivity index (χ1n) is 8.06. The molecule has 3 rings (SSSR count). The molecule has 0 saturated carbocycles. The number of nitrogens with zero attached hydrogens (tertiary/aromatic N) is 1. The summed E-state index contributed by atoms with van der Waals surface area (Å²) in [6.45, 7) is 2.10. The second-order valence-corrected chi connectivity index (χ2v) is 6.70. The third-order valence-corrected chi connectivity index (χ3v) is 5.07. The van der Waals surface area contributed by atoms with Gasteiger partial charge in [0.15, 0.2) is 0 Å². The third kappa shape index (κ3) is 3.72. The van der Waals surface area contributed by atoms with Crippen LogP contribution in [0.4, 0.5) is 0 Å². The largest absolute Gasteiger partial charge is 0.496 e. The molecule has 0 fully saturated rings. The van der Waals surface area contributed by atoms with E-state index in [1.165, 1.54) is 16.9 Å². The van der Waals surface area contributed by atoms with E-state index < -0.39 is 5.97 Å². The molecule has 1 aromatic heterocycles. The normalized spacial score (nSPS) is 10.6. The Bertz CT molecular complexity index is 884. The Morgan fingerprint density at radius 3 is 2.52 bits per heavy atom. The molecular weight excluding hydrogens is 334 g/mol. The number of aryl methyl sites for hydroxylation is 1. The average Bonchev–Trinajstić information content (AvgIpc) is 3.04. The van der Waals surface area contributed by atoms with Crippen LogP contribution in [0.15, 0.2) is 48.5 Å². The van der Waals surface area contributed by atoms with Gasteiger partial charge in [0.1, 0.15) is 10.8 Å². The monoisotopic (exact) mass is 353 g/mol. The van der Waals surface area contributed by atoms with Crippen LogP contribution in [-0.4, -0.2) is 23.2 Å². The summed E-state index contributed by atoms with van der Waals surface area (Å²) in [5.41, 5.74) is 3.78. The molecule has 4 nitrogen and oxygen atoms in total. The Morgan fingerprint density at radius 2 is 1.88 bits per heavy atom. The number of rotatable bonds is 6. The van der Waals surface area contributed by atoms with Crippen molar-refractivity contribution in [2.24, 2.45) is 0 Å². The molecule has 0 unspecified atom stereocenters. The Morgan fingerprint density at radius 1 is 1.16 bits per heavy atom. The van der Waals surface area contributed by atoms with Crippen LogP contribution >= 0.6 is 11.3 Å². The van der Waals surface area contributed by atoms with Crippen molar-refractivity contribution in [2.45, 2.75) is 19.8 Å². The van der Waals surface area contributed by atoms with E-state index in [4.69, 9.17) is 9.72 Å². The van der Waals surface area contributed by atoms with Crippen LogP contribution in [0.25, 0.3) is 21.8 Å². The van der Waals surface area contributed by atoms with Crippen molar-refractivity contribution >= 4 is 17.3 Å². The number of ether oxygens (including phenoxy) is 1. The van der Waals surface area contributed by atoms with Crippen LogP contribution in [0.5, 0.6) is 5.75 Å². The van der Waals surface area contributed by atoms with Gasteiger partial charge in [-0.15, -0.1) is 11.3 Å². The molecule has 0 radical (unpaired) electrons. The Labute approximate surface area is 150 Å². The summed E-state index contributed by atoms with van der Waals surface area (Å²) in [5, 5.41) is 10.0. The highest BCUT2D eigenvalue weighted by molar-refractivity contribution is 7.15. The molecule has 0 atom stereocenters. The maximum Gasteiger partial charge on any atom is 0.308 e. The Balaban J connectivity index is 2.10. The number of carboxylic acid groups (broad SMARTS) is 1. The van der Waals surface area contributed by atoms with Gasteiger partial charge in [0.05, 0.1) is 24.8 Å². The summed E-state index contributed by atoms with van der Waals surface area (Å²) in [5.74, 6) is -0.132. The summed E-state index contributed by atoms with van der Waals surface area (Å²) in [6, 6.07) is 15.8. The molecule has 5 heteroatoms. The second-order valence-electron chi connectivity index (χ2n) is 5.61. The van der Waals surface area contributed by atoms with Crippen LogP contribution in [0.2, 0.25) is 0 Å². The molecule has 0 aliphatic heterocycles. The van der Waals surface area contributed by atoms with E-state index in [-0.39, 0.29) is 6.42 Å². The van der Waals surface area contributed by atoms with Crippen LogP contribution in [0.1, 0.15) is 17.4 Å². The van der Waals surface area contributed by atoms with E-state index >= 15 is 0 Å². The van der Waals surface area contributed by atoms with Crippen molar-refractivity contribution in [3.63, 3.8) is 0 Å². The van der Waals surface area contributed by atoms with Crippen molar-refractivity contribution in [1.82, 2.24) is 4.98 Å². The fraction of sp³-hybridized carbons (Fsp3) is 0.200. The molecule has 25 heavy (non-hydrogen) atoms. The molecule has 3 aromatic rings. The van der Waals surface area contributed by atoms with Gasteiger partial charge in [-0.3, -0.25) is 4.79 Å². The quantitative estimate of drug-likeness (QED) is 0.699. The lowest BCUT2D eigenvalue weighted by molar-refractivity contribution is -0.136. The predicted molar refractivity (Wildman–Crippen MR) is 100 cm³/mol. The molecule has 2 aromatic carbocycles. The number of methoxy groups -OCH3 is 1. The lowest BCUT2D eigenvalue weighted by Gasteiger charge is -2.04. The fourth-order valence-electron chi connectivity index (χ4n) is 2.67. The van der Waals surface area contributed by atoms with Gasteiger partial charge in [-0.25, -0.2) is 4.98 Å². The molecule has 1 heterocycles. The van der Waals surface area contributed by atoms with Gasteiger partial charge in [0.2, 0.25) is 0 Å². The first-order chi connectivity index (χ1) is 12.1. The number of benzene rings is 2. The highest BCUT2D eigenvalue weighted by atomic mass is 32.1. The van der Waals surface area contributed by atoms with Crippen LogP contribution in [0, 0.1) is 0 Å². The maximum absolute atomic E-state index is 11.3. The Hall–Kier alpha value is -2.66. The van der Waals surface area contributed by atoms with Crippen LogP contribution in [0.3, 0.4) is 0 Å². The second kappa shape index (κ2) is 7.49. The van der Waals surface area contributed by atoms with Gasteiger partial charge in [0.25, 0.3) is 0 Å². The van der Waals surface area contributed by atoms with Gasteiger partial charge in [-0.1, -0.05) is 43.3 Å². The minimum atomic E-state index is -0.860. The van der Waals surface area contributed by atoms with Crippen LogP contribution < -0.4 is 4.74 Å². The number of thiazole rings is 1. The minimum Gasteiger partial charge on any atom is -0.496 e. The topological polar surface area (TPSA) is 59.4 Å². The number of para-hydroxylation sites is 1. The molecule has 0 bridgehead atoms. The van der Waals surface area contributed by atoms with E-state index in [0.717, 1.165) is 38.9 Å². The van der Waals surface area contributed by atoms with E-state index in [1.807, 2.05) is 36.4 Å². The highest BCUT2D eigenvalue weighted by Gasteiger charge is 2.18. The lowest BCUT2D eigenvalue weighted by atomic mass is 10.1. The van der Waals surface area contributed by atoms with E-state index in [1.54, 1.807) is 7.11 Å². The lowest BCUT2D eigenvalue weighted by Crippen LogP contribution is -1.99. The van der Waals surface area contributed by atoms with Crippen LogP contribution in [-0.2, 0) is 17.6 Å². The van der Waals surface area contributed by atoms with Crippen molar-refractivity contribution in [3.8, 4) is 27.6 Å². The summed E-state index contributed by atoms with van der Waals surface area (Å²) in [7, 11) is 1.62. The van der Waals surface area contributed by atoms with Gasteiger partial charge < -0.3 is 9.84 Å². The van der Waals surface area contributed by atoms with Crippen molar-refractivity contribution in [2.75, 3.05) is 7.11 Å². The summed E-state index contributed by atoms with van der Waals surface area (Å²) in [6.07, 6.45) is 0.920. The van der Waals surface area contributed by atoms with Crippen molar-refractivity contribution < 1.29 is 14.6 Å². The summed E-state index contributed by atoms with van der Waals surface area (Å²) >= 11 is 1.40. The molecule has 0 spiro atoms. The molecule has 0 aliphatic rings. The Kier molecular flexibility index (Phi) is 5.14. The first-order valence-corrected chi connectivity index (χ1v) is 8.88. The van der Waals surface area contributed by atoms with Crippen molar-refractivity contribution in [1.29, 1.82) is 0 Å². The number of carboxylic acids is 1. The van der Waals surface area contributed by atoms with Crippen molar-refractivity contribution in [3.05, 3.63) is 59.0 Å². The fourth-order valence-corrected chi connectivity index (χ4v) is 3.77. The number of hydrogen-bond donors (Lipinski definition) is 1. The van der Waals surface area contributed by atoms with E-state index in [9.17, 15) is 9.90 Å². The predicted octanol–water partition coefficient (Wildman–Crippen LogP) is 4.68. The standard InChI is InChI=1S/C20H19NO3S/c1-3-13-8-10-14(11-9-13)19-17(12-18(22)23)25-20(21-19)15-6-4-5-7-16(15)24-2/h4-11H,3,12H2,1-2H3,(H,22,23). The SMILES string of the molecule is CCc1ccc(-c2nc(-c3ccccc3OC)sc2CC(=O)O)cc1. The van der Waals surface area contributed by atoms with Gasteiger partial charge in [0, 0.05) is 10.4 Å². The van der Waals surface area contributed by atoms with E-state index in [0.29, 0.717) is 0 Å². The number of aromatic nitrogens is 1. The first kappa shape index (κ1) is 17.2. The summed E-state index contributed by atoms with van der Waals surface area (Å²) in [4.78, 5) is 16.8. The zero-order valence-corrected chi connectivity index (χ0v) is 15.0. The number of aliphatic carboxylic acids is 1. The number of hydrogen-bond acceptors (Lipinski definition) is 4. The third-order valence-electron chi connectivity index (χ3n) is 3.98. The average molecular weight is 353 g/mol. The van der Waals surface area contributed by atoms with Gasteiger partial charge in [-0.05, 0) is 24.1 Å². The minimum absolute atomic E-state index is 0.0440. The smallest absolute Gasteiger partial charge is 0.308 e. The molecule has 0 aliphatic carbocycles. The highest BCUT2D eigenvalue weighted by Crippen LogP contribution is 2.38. The molecule has 0 amide bonds. The zero-order chi connectivity index (χ0) is 17.8. The van der Waals surface area contributed by atoms with Gasteiger partial charge in [-0.2, -0.15) is 0 Å². The van der Waals surface area contributed by atoms with E-state index in [2.05, 4.69) is 19.1 Å². The summed E-state index contributed by atoms with van der Waals surface area (Å²) < 4.78 is 5.42. The molecule has 128 valence electrons. The molecule has 0 saturated heterocycles.